The average Bonchev–Trinajstić information content (AvgIpc) is 2.75. The first-order valence-electron chi connectivity index (χ1n) is 11.0. The fraction of sp³-hybridized carbons (Fsp3) is 0.458. The zero-order valence-electron chi connectivity index (χ0n) is 19.0. The number of aryl methyl sites for hydroxylation is 1. The number of rotatable bonds is 8. The lowest BCUT2D eigenvalue weighted by atomic mass is 10.0. The second-order valence-corrected chi connectivity index (χ2v) is 10.8. The molecule has 1 saturated heterocycles. The maximum absolute atomic E-state index is 13.0. The van der Waals surface area contributed by atoms with Gasteiger partial charge in [-0.2, -0.15) is 0 Å². The van der Waals surface area contributed by atoms with E-state index in [1.807, 2.05) is 18.2 Å². The molecule has 174 valence electrons. The Balaban J connectivity index is 1.74. The number of piperidine rings is 1. The molecule has 0 radical (unpaired) electrons. The van der Waals surface area contributed by atoms with E-state index in [-0.39, 0.29) is 5.91 Å². The number of nitrogens with zero attached hydrogens (tertiary/aromatic N) is 2. The molecule has 1 atom stereocenters. The monoisotopic (exact) mass is 477 g/mol. The van der Waals surface area contributed by atoms with Gasteiger partial charge in [0.1, 0.15) is 6.04 Å². The third-order valence-electron chi connectivity index (χ3n) is 5.91. The van der Waals surface area contributed by atoms with E-state index in [2.05, 4.69) is 16.3 Å². The molecule has 0 saturated carbocycles. The number of amides is 1. The van der Waals surface area contributed by atoms with E-state index in [0.717, 1.165) is 41.3 Å². The number of halogens is 1. The topological polar surface area (TPSA) is 69.7 Å². The summed E-state index contributed by atoms with van der Waals surface area (Å²) in [6.07, 6.45) is 4.83. The van der Waals surface area contributed by atoms with Crippen LogP contribution in [0.2, 0.25) is 5.02 Å². The van der Waals surface area contributed by atoms with Gasteiger partial charge in [0.05, 0.1) is 11.9 Å². The van der Waals surface area contributed by atoms with Gasteiger partial charge in [-0.3, -0.25) is 14.0 Å². The van der Waals surface area contributed by atoms with Crippen LogP contribution in [0.1, 0.15) is 42.9 Å². The highest BCUT2D eigenvalue weighted by molar-refractivity contribution is 7.92. The maximum Gasteiger partial charge on any atom is 0.243 e. The van der Waals surface area contributed by atoms with Gasteiger partial charge in [-0.15, -0.1) is 0 Å². The number of carbonyl (C=O) groups excluding carboxylic acids is 1. The Hall–Kier alpha value is -2.09. The third-order valence-corrected chi connectivity index (χ3v) is 7.37. The fourth-order valence-electron chi connectivity index (χ4n) is 4.17. The van der Waals surface area contributed by atoms with E-state index < -0.39 is 16.1 Å². The van der Waals surface area contributed by atoms with Crippen LogP contribution in [0.5, 0.6) is 0 Å². The molecule has 1 fully saturated rings. The molecule has 0 aliphatic carbocycles. The second-order valence-electron chi connectivity index (χ2n) is 8.49. The van der Waals surface area contributed by atoms with E-state index in [0.29, 0.717) is 17.3 Å². The molecule has 1 amide bonds. The summed E-state index contributed by atoms with van der Waals surface area (Å²) >= 11 is 6.11. The Morgan fingerprint density at radius 1 is 1.12 bits per heavy atom. The van der Waals surface area contributed by atoms with Gasteiger partial charge in [0.2, 0.25) is 15.9 Å². The molecule has 1 aliphatic heterocycles. The van der Waals surface area contributed by atoms with Crippen molar-refractivity contribution in [3.05, 3.63) is 64.2 Å². The minimum Gasteiger partial charge on any atom is -0.350 e. The van der Waals surface area contributed by atoms with Gasteiger partial charge in [0, 0.05) is 18.1 Å². The predicted molar refractivity (Wildman–Crippen MR) is 130 cm³/mol. The Morgan fingerprint density at radius 2 is 1.78 bits per heavy atom. The van der Waals surface area contributed by atoms with Crippen LogP contribution in [-0.2, 0) is 27.9 Å². The number of benzene rings is 2. The molecule has 0 spiro atoms. The Bertz CT molecular complexity index is 1050. The first kappa shape index (κ1) is 24.6. The van der Waals surface area contributed by atoms with Crippen LogP contribution < -0.4 is 9.62 Å². The van der Waals surface area contributed by atoms with Crippen LogP contribution in [0.15, 0.2) is 42.5 Å². The highest BCUT2D eigenvalue weighted by Crippen LogP contribution is 2.28. The number of carbonyl (C=O) groups is 1. The summed E-state index contributed by atoms with van der Waals surface area (Å²) < 4.78 is 26.3. The van der Waals surface area contributed by atoms with Crippen molar-refractivity contribution in [2.24, 2.45) is 0 Å². The molecular weight excluding hydrogens is 446 g/mol. The number of nitrogens with one attached hydrogen (secondary N) is 1. The normalized spacial score (nSPS) is 15.9. The molecule has 32 heavy (non-hydrogen) atoms. The van der Waals surface area contributed by atoms with Crippen molar-refractivity contribution in [2.45, 2.75) is 52.2 Å². The number of hydrogen-bond acceptors (Lipinski definition) is 4. The largest absolute Gasteiger partial charge is 0.350 e. The van der Waals surface area contributed by atoms with E-state index in [1.54, 1.807) is 32.0 Å². The zero-order chi connectivity index (χ0) is 23.3. The van der Waals surface area contributed by atoms with Crippen molar-refractivity contribution in [1.29, 1.82) is 0 Å². The van der Waals surface area contributed by atoms with Crippen molar-refractivity contribution in [2.75, 3.05) is 23.7 Å². The number of anilines is 1. The minimum atomic E-state index is -3.70. The van der Waals surface area contributed by atoms with Crippen molar-refractivity contribution in [1.82, 2.24) is 10.2 Å². The molecule has 0 bridgehead atoms. The molecular formula is C24H32ClN3O3S. The van der Waals surface area contributed by atoms with Crippen LogP contribution in [0.25, 0.3) is 0 Å². The molecule has 3 rings (SSSR count). The molecule has 0 aromatic heterocycles. The summed E-state index contributed by atoms with van der Waals surface area (Å²) in [5.41, 5.74) is 3.37. The first-order valence-corrected chi connectivity index (χ1v) is 13.2. The van der Waals surface area contributed by atoms with Gasteiger partial charge < -0.3 is 5.32 Å². The summed E-state index contributed by atoms with van der Waals surface area (Å²) in [4.78, 5) is 15.5. The third kappa shape index (κ3) is 6.24. The van der Waals surface area contributed by atoms with Gasteiger partial charge in [0.25, 0.3) is 0 Å². The molecule has 2 aromatic rings. The number of likely N-dealkylation sites (tertiary alicyclic amines) is 1. The quantitative estimate of drug-likeness (QED) is 0.621. The number of sulfonamides is 1. The van der Waals surface area contributed by atoms with Crippen molar-refractivity contribution < 1.29 is 13.2 Å². The Morgan fingerprint density at radius 3 is 2.44 bits per heavy atom. The number of hydrogen-bond donors (Lipinski definition) is 1. The second kappa shape index (κ2) is 10.7. The van der Waals surface area contributed by atoms with Gasteiger partial charge in [0.15, 0.2) is 0 Å². The van der Waals surface area contributed by atoms with Crippen LogP contribution in [0, 0.1) is 6.92 Å². The lowest BCUT2D eigenvalue weighted by molar-refractivity contribution is -0.122. The van der Waals surface area contributed by atoms with E-state index in [4.69, 9.17) is 11.6 Å². The van der Waals surface area contributed by atoms with Crippen molar-refractivity contribution in [3.63, 3.8) is 0 Å². The smallest absolute Gasteiger partial charge is 0.243 e. The van der Waals surface area contributed by atoms with Crippen molar-refractivity contribution >= 4 is 33.2 Å². The lowest BCUT2D eigenvalue weighted by Gasteiger charge is -2.30. The highest BCUT2D eigenvalue weighted by atomic mass is 35.5. The fourth-order valence-corrected chi connectivity index (χ4v) is 5.56. The average molecular weight is 478 g/mol. The van der Waals surface area contributed by atoms with Crippen LogP contribution in [0.4, 0.5) is 5.69 Å². The molecule has 8 heteroatoms. The summed E-state index contributed by atoms with van der Waals surface area (Å²) in [6.45, 7) is 6.79. The lowest BCUT2D eigenvalue weighted by Crippen LogP contribution is -2.48. The van der Waals surface area contributed by atoms with Gasteiger partial charge in [-0.25, -0.2) is 8.42 Å². The minimum absolute atomic E-state index is 0.347. The molecule has 2 aromatic carbocycles. The van der Waals surface area contributed by atoms with Crippen LogP contribution in [-0.4, -0.2) is 44.6 Å². The van der Waals surface area contributed by atoms with E-state index >= 15 is 0 Å². The molecule has 1 N–H and O–H groups in total. The van der Waals surface area contributed by atoms with E-state index in [9.17, 15) is 13.2 Å². The predicted octanol–water partition coefficient (Wildman–Crippen LogP) is 4.11. The molecule has 6 nitrogen and oxygen atoms in total. The Kier molecular flexibility index (Phi) is 8.20. The SMILES string of the molecule is Cc1ccc(Cl)cc1N(C(C)C(=O)NCc1ccccc1CN1CCCCC1)S(C)(=O)=O. The Labute approximate surface area is 196 Å². The van der Waals surface area contributed by atoms with Gasteiger partial charge in [-0.05, 0) is 68.6 Å². The van der Waals surface area contributed by atoms with Crippen molar-refractivity contribution in [3.8, 4) is 0 Å². The highest BCUT2D eigenvalue weighted by Gasteiger charge is 2.30. The molecule has 1 unspecified atom stereocenters. The van der Waals surface area contributed by atoms with Crippen LogP contribution >= 0.6 is 11.6 Å². The summed E-state index contributed by atoms with van der Waals surface area (Å²) in [7, 11) is -3.70. The first-order chi connectivity index (χ1) is 15.2. The van der Waals surface area contributed by atoms with E-state index in [1.165, 1.54) is 24.8 Å². The van der Waals surface area contributed by atoms with Gasteiger partial charge >= 0.3 is 0 Å². The standard InChI is InChI=1S/C24H32ClN3O3S/c1-18-11-12-22(25)15-23(18)28(32(3,30)31)19(2)24(29)26-16-20-9-5-6-10-21(20)17-27-13-7-4-8-14-27/h5-6,9-12,15,19H,4,7-8,13-14,16-17H2,1-3H3,(H,26,29). The zero-order valence-corrected chi connectivity index (χ0v) is 20.5. The molecule has 1 heterocycles. The summed E-state index contributed by atoms with van der Waals surface area (Å²) in [6, 6.07) is 12.2. The van der Waals surface area contributed by atoms with Gasteiger partial charge in [-0.1, -0.05) is 48.4 Å². The maximum atomic E-state index is 13.0. The molecule has 1 aliphatic rings. The summed E-state index contributed by atoms with van der Waals surface area (Å²) in [5, 5.41) is 3.35. The summed E-state index contributed by atoms with van der Waals surface area (Å²) in [5.74, 6) is -0.359. The van der Waals surface area contributed by atoms with Crippen LogP contribution in [0.3, 0.4) is 0 Å².